The van der Waals surface area contributed by atoms with Crippen LogP contribution in [0.3, 0.4) is 0 Å². The van der Waals surface area contributed by atoms with Crippen LogP contribution in [0.25, 0.3) is 0 Å². The summed E-state index contributed by atoms with van der Waals surface area (Å²) in [5.41, 5.74) is 5.62. The highest BCUT2D eigenvalue weighted by Gasteiger charge is 2.38. The zero-order chi connectivity index (χ0) is 22.7. The predicted molar refractivity (Wildman–Crippen MR) is 127 cm³/mol. The van der Waals surface area contributed by atoms with Crippen LogP contribution < -0.4 is 15.8 Å². The summed E-state index contributed by atoms with van der Waals surface area (Å²) in [6.45, 7) is 11.1. The van der Waals surface area contributed by atoms with E-state index in [0.717, 1.165) is 32.4 Å². The molecule has 1 aliphatic heterocycles. The Balaban J connectivity index is 1.90. The van der Waals surface area contributed by atoms with Gasteiger partial charge < -0.3 is 20.9 Å². The zero-order valence-corrected chi connectivity index (χ0v) is 20.3. The van der Waals surface area contributed by atoms with E-state index >= 15 is 0 Å². The lowest BCUT2D eigenvalue weighted by atomic mass is 9.78. The van der Waals surface area contributed by atoms with Gasteiger partial charge in [0.05, 0.1) is 23.4 Å². The fourth-order valence-corrected chi connectivity index (χ4v) is 4.56. The summed E-state index contributed by atoms with van der Waals surface area (Å²) in [6, 6.07) is 3.12. The van der Waals surface area contributed by atoms with E-state index in [4.69, 9.17) is 22.1 Å². The number of nitrogens with one attached hydrogen (secondary N) is 1. The fourth-order valence-electron chi connectivity index (χ4n) is 4.31. The van der Waals surface area contributed by atoms with Crippen LogP contribution >= 0.6 is 24.2 Å². The number of nitrogen functional groups attached to an aromatic ring is 1. The summed E-state index contributed by atoms with van der Waals surface area (Å²) >= 11 is 10.3. The predicted octanol–water partition coefficient (Wildman–Crippen LogP) is 3.82. The molecule has 0 spiro atoms. The Bertz CT molecular complexity index is 747. The first-order valence-electron chi connectivity index (χ1n) is 10.4. The molecule has 1 unspecified atom stereocenters. The van der Waals surface area contributed by atoms with Gasteiger partial charge in [0, 0.05) is 23.6 Å². The molecule has 0 aliphatic carbocycles. The number of carbonyl (C=O) groups excluding carboxylic acids is 1. The van der Waals surface area contributed by atoms with Gasteiger partial charge in [-0.3, -0.25) is 9.69 Å². The molecule has 0 aromatic heterocycles. The van der Waals surface area contributed by atoms with Gasteiger partial charge in [0.15, 0.2) is 0 Å². The summed E-state index contributed by atoms with van der Waals surface area (Å²) in [5.74, 6) is 0.626. The number of piperidine rings is 1. The van der Waals surface area contributed by atoms with Crippen molar-refractivity contribution < 1.29 is 14.6 Å². The quantitative estimate of drug-likeness (QED) is 0.271. The van der Waals surface area contributed by atoms with Crippen molar-refractivity contribution in [1.82, 2.24) is 10.2 Å². The average molecular weight is 458 g/mol. The topological polar surface area (TPSA) is 87.8 Å². The number of hydrogen-bond acceptors (Lipinski definition) is 6. The molecule has 1 amide bonds. The number of methoxy groups -OCH3 is 1. The van der Waals surface area contributed by atoms with Crippen LogP contribution in [0.2, 0.25) is 5.02 Å². The minimum Gasteiger partial charge on any atom is -0.496 e. The molecular weight excluding hydrogens is 422 g/mol. The number of rotatable bonds is 8. The molecule has 30 heavy (non-hydrogen) atoms. The van der Waals surface area contributed by atoms with Crippen molar-refractivity contribution in [1.29, 1.82) is 0 Å². The zero-order valence-electron chi connectivity index (χ0n) is 18.7. The Kier molecular flexibility index (Phi) is 8.36. The molecule has 1 saturated heterocycles. The molecule has 0 saturated carbocycles. The van der Waals surface area contributed by atoms with Crippen LogP contribution in [0, 0.1) is 11.3 Å². The van der Waals surface area contributed by atoms with Gasteiger partial charge in [0.1, 0.15) is 11.2 Å². The standard InChI is InChI=1S/C22H36ClN3O3S/c1-21(2,20(28)30)13-22(3,4)26-8-6-14(7-9-26)12-25-19(27)15-10-16(23)17(24)11-18(15)29-5/h10-11,14,20,28,30H,6-9,12-13,24H2,1-5H3,(H,25,27). The molecule has 0 radical (unpaired) electrons. The number of hydrogen-bond donors (Lipinski definition) is 4. The molecule has 1 aromatic carbocycles. The fraction of sp³-hybridized carbons (Fsp3) is 0.682. The Morgan fingerprint density at radius 3 is 2.50 bits per heavy atom. The number of ether oxygens (including phenoxy) is 1. The van der Waals surface area contributed by atoms with Crippen molar-refractivity contribution in [2.45, 2.75) is 57.9 Å². The van der Waals surface area contributed by atoms with Crippen LogP contribution in [0.15, 0.2) is 12.1 Å². The number of anilines is 1. The second-order valence-electron chi connectivity index (χ2n) is 9.57. The highest BCUT2D eigenvalue weighted by atomic mass is 35.5. The van der Waals surface area contributed by atoms with E-state index in [1.54, 1.807) is 12.1 Å². The number of aliphatic hydroxyl groups is 1. The van der Waals surface area contributed by atoms with E-state index in [-0.39, 0.29) is 16.9 Å². The molecule has 0 bridgehead atoms. The number of carbonyl (C=O) groups is 1. The van der Waals surface area contributed by atoms with Gasteiger partial charge in [0.25, 0.3) is 5.91 Å². The largest absolute Gasteiger partial charge is 0.496 e. The van der Waals surface area contributed by atoms with E-state index in [1.165, 1.54) is 7.11 Å². The maximum atomic E-state index is 12.6. The van der Waals surface area contributed by atoms with Crippen molar-refractivity contribution in [3.63, 3.8) is 0 Å². The normalized spacial score (nSPS) is 17.6. The summed E-state index contributed by atoms with van der Waals surface area (Å²) in [7, 11) is 1.50. The minimum absolute atomic E-state index is 0.0322. The lowest BCUT2D eigenvalue weighted by Crippen LogP contribution is -2.52. The number of nitrogens with zero attached hydrogens (tertiary/aromatic N) is 1. The molecule has 1 aromatic rings. The molecule has 2 rings (SSSR count). The summed E-state index contributed by atoms with van der Waals surface area (Å²) in [6.07, 6.45) is 2.87. The van der Waals surface area contributed by atoms with Crippen LogP contribution in [-0.4, -0.2) is 53.6 Å². The first-order chi connectivity index (χ1) is 13.9. The monoisotopic (exact) mass is 457 g/mol. The van der Waals surface area contributed by atoms with Gasteiger partial charge in [-0.05, 0) is 58.2 Å². The first-order valence-corrected chi connectivity index (χ1v) is 11.3. The molecule has 170 valence electrons. The highest BCUT2D eigenvalue weighted by Crippen LogP contribution is 2.37. The molecule has 8 heteroatoms. The summed E-state index contributed by atoms with van der Waals surface area (Å²) in [4.78, 5) is 15.1. The van der Waals surface area contributed by atoms with Gasteiger partial charge >= 0.3 is 0 Å². The molecule has 6 nitrogen and oxygen atoms in total. The summed E-state index contributed by atoms with van der Waals surface area (Å²) in [5, 5.41) is 13.3. The number of benzene rings is 1. The van der Waals surface area contributed by atoms with E-state index in [0.29, 0.717) is 34.5 Å². The molecule has 1 heterocycles. The maximum absolute atomic E-state index is 12.6. The summed E-state index contributed by atoms with van der Waals surface area (Å²) < 4.78 is 5.27. The van der Waals surface area contributed by atoms with Gasteiger partial charge in [-0.25, -0.2) is 0 Å². The number of thiol groups is 1. The molecular formula is C22H36ClN3O3S. The van der Waals surface area contributed by atoms with E-state index < -0.39 is 5.44 Å². The molecule has 1 fully saturated rings. The smallest absolute Gasteiger partial charge is 0.255 e. The third-order valence-corrected chi connectivity index (χ3v) is 7.20. The lowest BCUT2D eigenvalue weighted by Gasteiger charge is -2.47. The minimum atomic E-state index is -0.650. The van der Waals surface area contributed by atoms with Crippen molar-refractivity contribution in [2.24, 2.45) is 11.3 Å². The lowest BCUT2D eigenvalue weighted by molar-refractivity contribution is 0.0149. The maximum Gasteiger partial charge on any atom is 0.255 e. The average Bonchev–Trinajstić information content (AvgIpc) is 2.67. The number of nitrogens with two attached hydrogens (primary N) is 1. The van der Waals surface area contributed by atoms with Crippen LogP contribution in [0.5, 0.6) is 5.75 Å². The number of amides is 1. The van der Waals surface area contributed by atoms with Crippen molar-refractivity contribution in [2.75, 3.05) is 32.5 Å². The van der Waals surface area contributed by atoms with Crippen molar-refractivity contribution in [3.05, 3.63) is 22.7 Å². The van der Waals surface area contributed by atoms with Gasteiger partial charge in [-0.2, -0.15) is 0 Å². The van der Waals surface area contributed by atoms with Crippen LogP contribution in [0.4, 0.5) is 5.69 Å². The SMILES string of the molecule is COc1cc(N)c(Cl)cc1C(=O)NCC1CCN(C(C)(C)CC(C)(C)C(O)S)CC1. The highest BCUT2D eigenvalue weighted by molar-refractivity contribution is 7.80. The third-order valence-electron chi connectivity index (χ3n) is 6.17. The van der Waals surface area contributed by atoms with Crippen LogP contribution in [-0.2, 0) is 0 Å². The van der Waals surface area contributed by atoms with Crippen molar-refractivity contribution in [3.8, 4) is 5.75 Å². The number of halogens is 1. The van der Waals surface area contributed by atoms with E-state index in [1.807, 2.05) is 13.8 Å². The van der Waals surface area contributed by atoms with Gasteiger partial charge in [-0.15, -0.1) is 12.6 Å². The number of likely N-dealkylation sites (tertiary alicyclic amines) is 1. The second-order valence-corrected chi connectivity index (χ2v) is 10.5. The van der Waals surface area contributed by atoms with Crippen LogP contribution in [0.1, 0.15) is 57.3 Å². The Labute approximate surface area is 190 Å². The Hall–Kier alpha value is -1.15. The molecule has 1 atom stereocenters. The van der Waals surface area contributed by atoms with E-state index in [2.05, 4.69) is 36.7 Å². The second kappa shape index (κ2) is 9.98. The Morgan fingerprint density at radius 1 is 1.37 bits per heavy atom. The Morgan fingerprint density at radius 2 is 1.97 bits per heavy atom. The van der Waals surface area contributed by atoms with E-state index in [9.17, 15) is 9.90 Å². The van der Waals surface area contributed by atoms with Gasteiger partial charge in [-0.1, -0.05) is 25.4 Å². The van der Waals surface area contributed by atoms with Crippen molar-refractivity contribution >= 4 is 35.8 Å². The third kappa shape index (κ3) is 6.19. The molecule has 4 N–H and O–H groups in total. The molecule has 1 aliphatic rings. The first kappa shape index (κ1) is 25.1. The van der Waals surface area contributed by atoms with Gasteiger partial charge in [0.2, 0.25) is 0 Å². The number of aliphatic hydroxyl groups excluding tert-OH is 1.